The normalized spacial score (nSPS) is 10.9. The van der Waals surface area contributed by atoms with Gasteiger partial charge in [-0.1, -0.05) is 29.3 Å². The van der Waals surface area contributed by atoms with E-state index in [-0.39, 0.29) is 26.9 Å². The summed E-state index contributed by atoms with van der Waals surface area (Å²) in [5.74, 6) is -0.610. The lowest BCUT2D eigenvalue weighted by Crippen LogP contribution is -2.04. The molecule has 0 heterocycles. The Morgan fingerprint density at radius 3 is 2.17 bits per heavy atom. The molecule has 0 aromatic heterocycles. The smallest absolute Gasteiger partial charge is 0.269 e. The molecule has 23 heavy (non-hydrogen) atoms. The van der Waals surface area contributed by atoms with Gasteiger partial charge in [-0.25, -0.2) is 0 Å². The molecular formula is C16H8Cl2N2O3. The predicted octanol–water partition coefficient (Wildman–Crippen LogP) is 4.69. The molecule has 0 atom stereocenters. The number of nitriles is 1. The first-order chi connectivity index (χ1) is 10.9. The van der Waals surface area contributed by atoms with E-state index in [0.717, 1.165) is 0 Å². The van der Waals surface area contributed by atoms with E-state index in [1.54, 1.807) is 12.1 Å². The first-order valence-electron chi connectivity index (χ1n) is 6.29. The molecule has 0 fully saturated rings. The van der Waals surface area contributed by atoms with Crippen molar-refractivity contribution in [3.8, 4) is 6.07 Å². The lowest BCUT2D eigenvalue weighted by atomic mass is 10.0. The molecule has 114 valence electrons. The average Bonchev–Trinajstić information content (AvgIpc) is 2.52. The second kappa shape index (κ2) is 7.05. The van der Waals surface area contributed by atoms with Crippen LogP contribution >= 0.6 is 23.2 Å². The number of nitro groups is 1. The van der Waals surface area contributed by atoms with Crippen LogP contribution in [0.1, 0.15) is 15.9 Å². The lowest BCUT2D eigenvalue weighted by molar-refractivity contribution is -0.384. The molecule has 0 aliphatic carbocycles. The Morgan fingerprint density at radius 1 is 1.13 bits per heavy atom. The minimum atomic E-state index is -0.610. The van der Waals surface area contributed by atoms with Gasteiger partial charge in [-0.2, -0.15) is 5.26 Å². The fraction of sp³-hybridized carbons (Fsp3) is 0. The maximum atomic E-state index is 12.4. The van der Waals surface area contributed by atoms with Crippen molar-refractivity contribution in [2.45, 2.75) is 0 Å². The molecule has 0 spiro atoms. The predicted molar refractivity (Wildman–Crippen MR) is 87.5 cm³/mol. The van der Waals surface area contributed by atoms with E-state index in [9.17, 15) is 20.2 Å². The van der Waals surface area contributed by atoms with Gasteiger partial charge in [0.2, 0.25) is 5.78 Å². The minimum Gasteiger partial charge on any atom is -0.288 e. The van der Waals surface area contributed by atoms with Gasteiger partial charge in [-0.3, -0.25) is 14.9 Å². The van der Waals surface area contributed by atoms with Crippen LogP contribution in [-0.4, -0.2) is 10.7 Å². The SMILES string of the molecule is N#C/C(=C\c1ccc([N+](=O)[O-])cc1)C(=O)c1c(Cl)cccc1Cl. The molecule has 2 aromatic rings. The van der Waals surface area contributed by atoms with Crippen LogP contribution in [0.5, 0.6) is 0 Å². The zero-order valence-electron chi connectivity index (χ0n) is 11.5. The molecule has 0 radical (unpaired) electrons. The number of hydrogen-bond donors (Lipinski definition) is 0. The molecule has 2 aromatic carbocycles. The van der Waals surface area contributed by atoms with Crippen molar-refractivity contribution in [2.75, 3.05) is 0 Å². The number of halogens is 2. The van der Waals surface area contributed by atoms with E-state index in [1.165, 1.54) is 42.5 Å². The molecule has 0 aliphatic heterocycles. The van der Waals surface area contributed by atoms with Gasteiger partial charge < -0.3 is 0 Å². The van der Waals surface area contributed by atoms with E-state index in [1.807, 2.05) is 0 Å². The minimum absolute atomic E-state index is 0.0468. The van der Waals surface area contributed by atoms with Crippen LogP contribution in [0, 0.1) is 21.4 Å². The highest BCUT2D eigenvalue weighted by Crippen LogP contribution is 2.27. The van der Waals surface area contributed by atoms with Crippen LogP contribution in [0.25, 0.3) is 6.08 Å². The summed E-state index contributed by atoms with van der Waals surface area (Å²) in [6.45, 7) is 0. The number of nitrogens with zero attached hydrogens (tertiary/aromatic N) is 2. The van der Waals surface area contributed by atoms with Crippen molar-refractivity contribution in [3.05, 3.63) is 79.3 Å². The van der Waals surface area contributed by atoms with Gasteiger partial charge in [-0.15, -0.1) is 0 Å². The van der Waals surface area contributed by atoms with Gasteiger partial charge in [-0.05, 0) is 35.9 Å². The molecule has 0 saturated heterocycles. The first-order valence-corrected chi connectivity index (χ1v) is 7.04. The van der Waals surface area contributed by atoms with Gasteiger partial charge in [0.1, 0.15) is 11.6 Å². The number of Topliss-reactive ketones (excluding diaryl/α,β-unsaturated/α-hetero) is 1. The number of carbonyl (C=O) groups is 1. The van der Waals surface area contributed by atoms with Gasteiger partial charge in [0.05, 0.1) is 20.5 Å². The number of rotatable bonds is 4. The standard InChI is InChI=1S/C16H8Cl2N2O3/c17-13-2-1-3-14(18)15(13)16(21)11(9-19)8-10-4-6-12(7-5-10)20(22)23/h1-8H/b11-8+. The van der Waals surface area contributed by atoms with Crippen LogP contribution in [0.2, 0.25) is 10.0 Å². The largest absolute Gasteiger partial charge is 0.288 e. The van der Waals surface area contributed by atoms with Crippen molar-refractivity contribution in [1.29, 1.82) is 5.26 Å². The Bertz CT molecular complexity index is 832. The van der Waals surface area contributed by atoms with Crippen molar-refractivity contribution in [1.82, 2.24) is 0 Å². The topological polar surface area (TPSA) is 84.0 Å². The molecule has 0 saturated carbocycles. The number of carbonyl (C=O) groups excluding carboxylic acids is 1. The molecule has 0 bridgehead atoms. The van der Waals surface area contributed by atoms with Gasteiger partial charge in [0, 0.05) is 12.1 Å². The Morgan fingerprint density at radius 2 is 1.70 bits per heavy atom. The number of nitro benzene ring substituents is 1. The maximum Gasteiger partial charge on any atom is 0.269 e. The highest BCUT2D eigenvalue weighted by Gasteiger charge is 2.18. The fourth-order valence-corrected chi connectivity index (χ4v) is 2.43. The molecular weight excluding hydrogens is 339 g/mol. The van der Waals surface area contributed by atoms with Crippen LogP contribution < -0.4 is 0 Å². The van der Waals surface area contributed by atoms with Gasteiger partial charge in [0.25, 0.3) is 5.69 Å². The zero-order valence-corrected chi connectivity index (χ0v) is 13.0. The number of hydrogen-bond acceptors (Lipinski definition) is 4. The quantitative estimate of drug-likeness (QED) is 0.264. The Kier molecular flexibility index (Phi) is 5.12. The Balaban J connectivity index is 2.41. The summed E-state index contributed by atoms with van der Waals surface area (Å²) in [4.78, 5) is 22.5. The average molecular weight is 347 g/mol. The molecule has 0 N–H and O–H groups in total. The van der Waals surface area contributed by atoms with Crippen LogP contribution in [0.4, 0.5) is 5.69 Å². The van der Waals surface area contributed by atoms with E-state index in [0.29, 0.717) is 5.56 Å². The van der Waals surface area contributed by atoms with Crippen molar-refractivity contribution in [3.63, 3.8) is 0 Å². The van der Waals surface area contributed by atoms with E-state index in [2.05, 4.69) is 0 Å². The van der Waals surface area contributed by atoms with E-state index >= 15 is 0 Å². The van der Waals surface area contributed by atoms with Crippen LogP contribution in [0.15, 0.2) is 48.0 Å². The number of benzene rings is 2. The highest BCUT2D eigenvalue weighted by molar-refractivity contribution is 6.41. The third kappa shape index (κ3) is 3.75. The maximum absolute atomic E-state index is 12.4. The van der Waals surface area contributed by atoms with Crippen molar-refractivity contribution in [2.24, 2.45) is 0 Å². The summed E-state index contributed by atoms with van der Waals surface area (Å²) < 4.78 is 0. The highest BCUT2D eigenvalue weighted by atomic mass is 35.5. The summed E-state index contributed by atoms with van der Waals surface area (Å²) >= 11 is 11.9. The fourth-order valence-electron chi connectivity index (χ4n) is 1.86. The summed E-state index contributed by atoms with van der Waals surface area (Å²) in [7, 11) is 0. The summed E-state index contributed by atoms with van der Waals surface area (Å²) in [6.07, 6.45) is 1.33. The van der Waals surface area contributed by atoms with E-state index < -0.39 is 10.7 Å². The zero-order chi connectivity index (χ0) is 17.0. The van der Waals surface area contributed by atoms with E-state index in [4.69, 9.17) is 23.2 Å². The Labute approximate surface area is 141 Å². The van der Waals surface area contributed by atoms with Crippen molar-refractivity contribution < 1.29 is 9.72 Å². The van der Waals surface area contributed by atoms with Crippen LogP contribution in [-0.2, 0) is 0 Å². The summed E-state index contributed by atoms with van der Waals surface area (Å²) in [6, 6.07) is 11.8. The molecule has 7 heteroatoms. The molecule has 0 aliphatic rings. The lowest BCUT2D eigenvalue weighted by Gasteiger charge is -2.05. The van der Waals surface area contributed by atoms with Gasteiger partial charge in [0.15, 0.2) is 0 Å². The third-order valence-corrected chi connectivity index (χ3v) is 3.60. The first kappa shape index (κ1) is 16.7. The van der Waals surface area contributed by atoms with Crippen molar-refractivity contribution >= 4 is 40.7 Å². The number of allylic oxidation sites excluding steroid dienone is 1. The molecule has 2 rings (SSSR count). The number of ketones is 1. The summed E-state index contributed by atoms with van der Waals surface area (Å²) in [5.41, 5.74) is 0.268. The third-order valence-electron chi connectivity index (χ3n) is 2.97. The monoisotopic (exact) mass is 346 g/mol. The second-order valence-electron chi connectivity index (χ2n) is 4.44. The van der Waals surface area contributed by atoms with Crippen LogP contribution in [0.3, 0.4) is 0 Å². The Hall–Kier alpha value is -2.68. The molecule has 5 nitrogen and oxygen atoms in total. The number of non-ortho nitro benzene ring substituents is 1. The molecule has 0 unspecified atom stereocenters. The van der Waals surface area contributed by atoms with Gasteiger partial charge >= 0.3 is 0 Å². The molecule has 0 amide bonds. The second-order valence-corrected chi connectivity index (χ2v) is 5.26. The summed E-state index contributed by atoms with van der Waals surface area (Å²) in [5, 5.41) is 20.1.